The van der Waals surface area contributed by atoms with Crippen molar-refractivity contribution in [3.63, 3.8) is 0 Å². The van der Waals surface area contributed by atoms with E-state index in [0.717, 1.165) is 67.8 Å². The molecular weight excluding hydrogens is 732 g/mol. The van der Waals surface area contributed by atoms with Crippen LogP contribution in [-0.2, 0) is 31.9 Å². The molecule has 5 heterocycles. The molecule has 16 heteroatoms. The molecule has 0 aliphatic carbocycles. The van der Waals surface area contributed by atoms with Gasteiger partial charge in [-0.2, -0.15) is 0 Å². The maximum absolute atomic E-state index is 14.3. The van der Waals surface area contributed by atoms with Gasteiger partial charge in [-0.3, -0.25) is 24.4 Å². The van der Waals surface area contributed by atoms with Gasteiger partial charge in [0, 0.05) is 89.6 Å². The number of likely N-dealkylation sites (N-methyl/N-ethyl adjacent to an activating group) is 1. The highest BCUT2D eigenvalue weighted by Crippen LogP contribution is 2.27. The Morgan fingerprint density at radius 1 is 0.895 bits per heavy atom. The highest BCUT2D eigenvalue weighted by atomic mass is 16.6. The Labute approximate surface area is 333 Å². The van der Waals surface area contributed by atoms with E-state index in [4.69, 9.17) is 13.9 Å². The first kappa shape index (κ1) is 40.3. The predicted octanol–water partition coefficient (Wildman–Crippen LogP) is 2.75. The Hall–Kier alpha value is -4.93. The molecule has 4 amide bonds. The van der Waals surface area contributed by atoms with Crippen molar-refractivity contribution in [2.24, 2.45) is 0 Å². The summed E-state index contributed by atoms with van der Waals surface area (Å²) in [5.74, 6) is -1.00. The fourth-order valence-electron chi connectivity index (χ4n) is 8.61. The molecule has 1 atom stereocenters. The molecule has 308 valence electrons. The number of nitrogens with zero attached hydrogens (tertiary/aromatic N) is 6. The number of aryl methyl sites for hydroxylation is 1. The number of benzene rings is 2. The highest BCUT2D eigenvalue weighted by molar-refractivity contribution is 5.91. The van der Waals surface area contributed by atoms with Crippen molar-refractivity contribution in [3.05, 3.63) is 63.6 Å². The van der Waals surface area contributed by atoms with E-state index in [2.05, 4.69) is 20.1 Å². The minimum absolute atomic E-state index is 0.0228. The Morgan fingerprint density at radius 3 is 2.33 bits per heavy atom. The first-order valence-electron chi connectivity index (χ1n) is 20.3. The third-order valence-electron chi connectivity index (χ3n) is 11.9. The molecule has 0 radical (unpaired) electrons. The lowest BCUT2D eigenvalue weighted by Gasteiger charge is -2.43. The second-order valence-corrected chi connectivity index (χ2v) is 16.0. The maximum Gasteiger partial charge on any atom is 0.417 e. The van der Waals surface area contributed by atoms with Crippen molar-refractivity contribution in [2.75, 3.05) is 98.0 Å². The third-order valence-corrected chi connectivity index (χ3v) is 11.9. The topological polar surface area (TPSA) is 164 Å². The average Bonchev–Trinajstić information content (AvgIpc) is 3.50. The number of ether oxygens (including phenoxy) is 2. The molecule has 0 saturated carbocycles. The Balaban J connectivity index is 0.946. The number of piperazine rings is 1. The smallest absolute Gasteiger partial charge is 0.417 e. The Kier molecular flexibility index (Phi) is 12.8. The van der Waals surface area contributed by atoms with E-state index in [0.29, 0.717) is 82.4 Å². The number of carbonyl (C=O) groups is 4. The summed E-state index contributed by atoms with van der Waals surface area (Å²) in [6.07, 6.45) is 2.03. The number of aromatic nitrogens is 1. The van der Waals surface area contributed by atoms with Crippen LogP contribution in [0.2, 0.25) is 0 Å². The number of carbonyl (C=O) groups excluding carboxylic acids is 4. The number of para-hydroxylation sites is 1. The largest absolute Gasteiger partial charge is 0.463 e. The molecule has 3 saturated heterocycles. The van der Waals surface area contributed by atoms with Gasteiger partial charge in [0.2, 0.25) is 0 Å². The number of hydrogen-bond acceptors (Lipinski definition) is 11. The number of H-pyrrole nitrogens is 1. The van der Waals surface area contributed by atoms with Crippen LogP contribution in [0.5, 0.6) is 0 Å². The van der Waals surface area contributed by atoms with E-state index >= 15 is 0 Å². The van der Waals surface area contributed by atoms with Gasteiger partial charge < -0.3 is 38.8 Å². The standard InChI is InChI=1S/C41H56N8O8/c1-28-24-29(25-34-37(28)43-40(53)56-34)26-35(57-41(54)48-15-11-32(12-16-48)49-17-8-30-6-4-5-7-33(30)42-39(49)52)38(51)47-13-9-31(10-14-47)46-20-18-45(19-21-46)27-36(50)55-23-22-44(2)3/h4-7,24-25,31-32,35H,8-23,26-27H2,1-3H3,(H,42,52)(H,43,53)/t35-/m1/s1. The molecular formula is C41H56N8O8. The molecule has 3 fully saturated rings. The number of oxazole rings is 1. The van der Waals surface area contributed by atoms with Crippen LogP contribution in [0.4, 0.5) is 15.3 Å². The van der Waals surface area contributed by atoms with Gasteiger partial charge in [0.15, 0.2) is 11.7 Å². The maximum atomic E-state index is 14.3. The summed E-state index contributed by atoms with van der Waals surface area (Å²) < 4.78 is 16.8. The minimum Gasteiger partial charge on any atom is -0.463 e. The Morgan fingerprint density at radius 2 is 1.60 bits per heavy atom. The van der Waals surface area contributed by atoms with E-state index in [1.54, 1.807) is 15.9 Å². The zero-order valence-corrected chi connectivity index (χ0v) is 33.4. The first-order valence-corrected chi connectivity index (χ1v) is 20.3. The van der Waals surface area contributed by atoms with E-state index in [1.165, 1.54) is 0 Å². The van der Waals surface area contributed by atoms with Gasteiger partial charge in [-0.1, -0.05) is 24.3 Å². The zero-order valence-electron chi connectivity index (χ0n) is 33.4. The van der Waals surface area contributed by atoms with Crippen molar-refractivity contribution in [1.29, 1.82) is 0 Å². The number of esters is 1. The average molecular weight is 789 g/mol. The number of hydrogen-bond donors (Lipinski definition) is 2. The lowest BCUT2D eigenvalue weighted by molar-refractivity contribution is -0.145. The summed E-state index contributed by atoms with van der Waals surface area (Å²) in [4.78, 5) is 80.1. The number of piperidine rings is 2. The van der Waals surface area contributed by atoms with Crippen molar-refractivity contribution in [1.82, 2.24) is 34.4 Å². The molecule has 4 aliphatic heterocycles. The van der Waals surface area contributed by atoms with Gasteiger partial charge in [-0.25, -0.2) is 14.4 Å². The van der Waals surface area contributed by atoms with Gasteiger partial charge in [0.05, 0.1) is 12.1 Å². The number of anilines is 1. The molecule has 7 rings (SSSR count). The van der Waals surface area contributed by atoms with Crippen LogP contribution >= 0.6 is 0 Å². The number of rotatable bonds is 11. The van der Waals surface area contributed by atoms with E-state index < -0.39 is 18.0 Å². The number of urea groups is 1. The van der Waals surface area contributed by atoms with Crippen LogP contribution in [0.1, 0.15) is 42.4 Å². The summed E-state index contributed by atoms with van der Waals surface area (Å²) in [5, 5.41) is 3.04. The number of fused-ring (bicyclic) bond motifs is 2. The van der Waals surface area contributed by atoms with Gasteiger partial charge in [-0.05, 0) is 81.9 Å². The minimum atomic E-state index is -1.08. The molecule has 0 unspecified atom stereocenters. The lowest BCUT2D eigenvalue weighted by atomic mass is 9.99. The number of amides is 4. The molecule has 3 aromatic rings. The molecule has 1 aromatic heterocycles. The monoisotopic (exact) mass is 788 g/mol. The fraction of sp³-hybridized carbons (Fsp3) is 0.585. The van der Waals surface area contributed by atoms with Crippen LogP contribution in [-0.4, -0.2) is 169 Å². The molecule has 2 N–H and O–H groups in total. The van der Waals surface area contributed by atoms with Crippen LogP contribution in [0, 0.1) is 6.92 Å². The summed E-state index contributed by atoms with van der Waals surface area (Å²) in [7, 11) is 3.89. The van der Waals surface area contributed by atoms with Crippen LogP contribution in [0.15, 0.2) is 45.6 Å². The van der Waals surface area contributed by atoms with E-state index in [1.807, 2.05) is 61.2 Å². The lowest BCUT2D eigenvalue weighted by Crippen LogP contribution is -2.55. The SMILES string of the molecule is Cc1cc(C[C@@H](OC(=O)N2CCC(N3CCc4ccccc4NC3=O)CC2)C(=O)N2CCC(N3CCN(CC(=O)OCCN(C)C)CC3)CC2)cc2oc(=O)[nH]c12. The molecule has 4 aliphatic rings. The van der Waals surface area contributed by atoms with Gasteiger partial charge in [0.25, 0.3) is 5.91 Å². The van der Waals surface area contributed by atoms with Crippen molar-refractivity contribution in [3.8, 4) is 0 Å². The molecule has 0 spiro atoms. The normalized spacial score (nSPS) is 19.6. The number of nitrogens with one attached hydrogen (secondary N) is 2. The molecule has 16 nitrogen and oxygen atoms in total. The summed E-state index contributed by atoms with van der Waals surface area (Å²) in [5.41, 5.74) is 4.43. The van der Waals surface area contributed by atoms with Gasteiger partial charge in [0.1, 0.15) is 6.61 Å². The summed E-state index contributed by atoms with van der Waals surface area (Å²) in [6.45, 7) is 8.94. The van der Waals surface area contributed by atoms with E-state index in [-0.39, 0.29) is 30.4 Å². The second kappa shape index (κ2) is 18.1. The van der Waals surface area contributed by atoms with Crippen molar-refractivity contribution < 1.29 is 33.1 Å². The van der Waals surface area contributed by atoms with Crippen LogP contribution < -0.4 is 11.1 Å². The van der Waals surface area contributed by atoms with Gasteiger partial charge in [-0.15, -0.1) is 0 Å². The van der Waals surface area contributed by atoms with Crippen molar-refractivity contribution >= 4 is 40.8 Å². The molecule has 2 aromatic carbocycles. The quantitative estimate of drug-likeness (QED) is 0.275. The first-order chi connectivity index (χ1) is 27.5. The predicted molar refractivity (Wildman–Crippen MR) is 213 cm³/mol. The van der Waals surface area contributed by atoms with E-state index in [9.17, 15) is 24.0 Å². The summed E-state index contributed by atoms with van der Waals surface area (Å²) >= 11 is 0. The van der Waals surface area contributed by atoms with Crippen molar-refractivity contribution in [2.45, 2.75) is 63.6 Å². The van der Waals surface area contributed by atoms with Crippen LogP contribution in [0.3, 0.4) is 0 Å². The number of likely N-dealkylation sites (tertiary alicyclic amines) is 2. The van der Waals surface area contributed by atoms with Gasteiger partial charge >= 0.3 is 23.8 Å². The zero-order chi connectivity index (χ0) is 40.1. The molecule has 0 bridgehead atoms. The Bertz CT molecular complexity index is 1960. The third kappa shape index (κ3) is 9.97. The summed E-state index contributed by atoms with van der Waals surface area (Å²) in [6, 6.07) is 11.6. The molecule has 57 heavy (non-hydrogen) atoms. The highest BCUT2D eigenvalue weighted by Gasteiger charge is 2.37. The second-order valence-electron chi connectivity index (χ2n) is 16.0. The van der Waals surface area contributed by atoms with Crippen LogP contribution in [0.25, 0.3) is 11.1 Å². The number of aromatic amines is 1. The fourth-order valence-corrected chi connectivity index (χ4v) is 8.61.